The Balaban J connectivity index is 1.53. The van der Waals surface area contributed by atoms with E-state index in [0.717, 1.165) is 45.2 Å². The molecular formula is C23H25N5S2. The summed E-state index contributed by atoms with van der Waals surface area (Å²) in [6.45, 7) is 5.08. The summed E-state index contributed by atoms with van der Waals surface area (Å²) in [4.78, 5) is 6.94. The van der Waals surface area contributed by atoms with Crippen molar-refractivity contribution in [2.75, 3.05) is 19.0 Å². The Morgan fingerprint density at radius 1 is 1.07 bits per heavy atom. The molecule has 2 aromatic heterocycles. The first-order valence-electron chi connectivity index (χ1n) is 9.91. The van der Waals surface area contributed by atoms with E-state index in [2.05, 4.69) is 87.4 Å². The van der Waals surface area contributed by atoms with Crippen LogP contribution in [-0.2, 0) is 12.3 Å². The second kappa shape index (κ2) is 9.02. The molecule has 0 bridgehead atoms. The molecule has 2 heterocycles. The van der Waals surface area contributed by atoms with Gasteiger partial charge in [0.25, 0.3) is 0 Å². The second-order valence-electron chi connectivity index (χ2n) is 7.24. The van der Waals surface area contributed by atoms with Crippen LogP contribution < -0.4 is 4.90 Å². The van der Waals surface area contributed by atoms with Gasteiger partial charge in [0.1, 0.15) is 5.01 Å². The van der Waals surface area contributed by atoms with Gasteiger partial charge in [-0.15, -0.1) is 21.5 Å². The van der Waals surface area contributed by atoms with Gasteiger partial charge in [-0.2, -0.15) is 0 Å². The zero-order valence-electron chi connectivity index (χ0n) is 17.7. The van der Waals surface area contributed by atoms with Crippen molar-refractivity contribution in [3.63, 3.8) is 0 Å². The fourth-order valence-electron chi connectivity index (χ4n) is 3.27. The molecule has 0 atom stereocenters. The maximum atomic E-state index is 4.84. The van der Waals surface area contributed by atoms with Crippen molar-refractivity contribution in [3.8, 4) is 22.0 Å². The van der Waals surface area contributed by atoms with Gasteiger partial charge in [0, 0.05) is 48.6 Å². The van der Waals surface area contributed by atoms with Gasteiger partial charge in [-0.3, -0.25) is 0 Å². The Labute approximate surface area is 185 Å². The largest absolute Gasteiger partial charge is 0.378 e. The van der Waals surface area contributed by atoms with Gasteiger partial charge in [-0.05, 0) is 31.5 Å². The van der Waals surface area contributed by atoms with Crippen molar-refractivity contribution in [2.45, 2.75) is 31.3 Å². The predicted octanol–water partition coefficient (Wildman–Crippen LogP) is 5.76. The van der Waals surface area contributed by atoms with Gasteiger partial charge < -0.3 is 9.47 Å². The van der Waals surface area contributed by atoms with E-state index in [9.17, 15) is 0 Å². The van der Waals surface area contributed by atoms with Crippen molar-refractivity contribution in [1.29, 1.82) is 0 Å². The van der Waals surface area contributed by atoms with Gasteiger partial charge in [-0.25, -0.2) is 4.98 Å². The number of hydrogen-bond acceptors (Lipinski definition) is 6. The summed E-state index contributed by atoms with van der Waals surface area (Å²) in [5.74, 6) is 1.68. The minimum absolute atomic E-state index is 0.776. The van der Waals surface area contributed by atoms with Crippen LogP contribution in [0.4, 0.5) is 5.69 Å². The molecule has 7 heteroatoms. The lowest BCUT2D eigenvalue weighted by molar-refractivity contribution is 0.687. The average Bonchev–Trinajstić information content (AvgIpc) is 3.39. The number of thiazole rings is 1. The van der Waals surface area contributed by atoms with Gasteiger partial charge in [0.15, 0.2) is 11.0 Å². The van der Waals surface area contributed by atoms with E-state index < -0.39 is 0 Å². The number of anilines is 1. The number of aromatic nitrogens is 4. The van der Waals surface area contributed by atoms with E-state index in [-0.39, 0.29) is 0 Å². The fraction of sp³-hybridized carbons (Fsp3) is 0.261. The SMILES string of the molecule is CCn1c(SCc2csc(-c3ccccc3C)n2)nnc1-c1cccc(N(C)C)c1. The smallest absolute Gasteiger partial charge is 0.191 e. The first-order chi connectivity index (χ1) is 14.6. The number of hydrogen-bond donors (Lipinski definition) is 0. The average molecular weight is 436 g/mol. The Kier molecular flexibility index (Phi) is 6.20. The molecule has 30 heavy (non-hydrogen) atoms. The topological polar surface area (TPSA) is 46.8 Å². The Hall–Kier alpha value is -2.64. The monoisotopic (exact) mass is 435 g/mol. The third-order valence-electron chi connectivity index (χ3n) is 4.93. The summed E-state index contributed by atoms with van der Waals surface area (Å²) in [7, 11) is 4.09. The number of benzene rings is 2. The van der Waals surface area contributed by atoms with Crippen LogP contribution >= 0.6 is 23.1 Å². The molecule has 0 aliphatic rings. The maximum absolute atomic E-state index is 4.84. The Morgan fingerprint density at radius 3 is 2.67 bits per heavy atom. The molecule has 4 rings (SSSR count). The molecule has 0 fully saturated rings. The van der Waals surface area contributed by atoms with Gasteiger partial charge >= 0.3 is 0 Å². The van der Waals surface area contributed by atoms with Crippen LogP contribution in [0, 0.1) is 6.92 Å². The Morgan fingerprint density at radius 2 is 1.90 bits per heavy atom. The van der Waals surface area contributed by atoms with Crippen molar-refractivity contribution in [2.24, 2.45) is 0 Å². The molecule has 0 aliphatic heterocycles. The van der Waals surface area contributed by atoms with Crippen LogP contribution in [0.3, 0.4) is 0 Å². The number of rotatable bonds is 7. The third kappa shape index (κ3) is 4.27. The highest BCUT2D eigenvalue weighted by atomic mass is 32.2. The van der Waals surface area contributed by atoms with E-state index >= 15 is 0 Å². The normalized spacial score (nSPS) is 11.1. The standard InChI is InChI=1S/C23H25N5S2/c1-5-28-21(17-10-8-11-19(13-17)27(3)4)25-26-23(28)30-15-18-14-29-22(24-18)20-12-7-6-9-16(20)2/h6-14H,5,15H2,1-4H3. The van der Waals surface area contributed by atoms with Crippen molar-refractivity contribution in [1.82, 2.24) is 19.7 Å². The van der Waals surface area contributed by atoms with E-state index in [1.165, 1.54) is 11.1 Å². The maximum Gasteiger partial charge on any atom is 0.191 e. The molecule has 5 nitrogen and oxygen atoms in total. The summed E-state index contributed by atoms with van der Waals surface area (Å²) >= 11 is 3.38. The lowest BCUT2D eigenvalue weighted by Gasteiger charge is -2.13. The molecule has 154 valence electrons. The molecule has 0 saturated carbocycles. The summed E-state index contributed by atoms with van der Waals surface area (Å²) < 4.78 is 2.17. The summed E-state index contributed by atoms with van der Waals surface area (Å²) in [6, 6.07) is 16.8. The second-order valence-corrected chi connectivity index (χ2v) is 9.04. The van der Waals surface area contributed by atoms with Crippen molar-refractivity contribution < 1.29 is 0 Å². The first kappa shape index (κ1) is 20.6. The fourth-order valence-corrected chi connectivity index (χ4v) is 5.18. The molecule has 0 saturated heterocycles. The van der Waals surface area contributed by atoms with Crippen LogP contribution in [0.1, 0.15) is 18.2 Å². The number of thioether (sulfide) groups is 1. The highest BCUT2D eigenvalue weighted by molar-refractivity contribution is 7.98. The van der Waals surface area contributed by atoms with Gasteiger partial charge in [0.2, 0.25) is 0 Å². The van der Waals surface area contributed by atoms with Gasteiger partial charge in [0.05, 0.1) is 5.69 Å². The zero-order chi connectivity index (χ0) is 21.1. The summed E-state index contributed by atoms with van der Waals surface area (Å²) in [6.07, 6.45) is 0. The molecule has 0 spiro atoms. The summed E-state index contributed by atoms with van der Waals surface area (Å²) in [5, 5.41) is 13.1. The lowest BCUT2D eigenvalue weighted by atomic mass is 10.1. The highest BCUT2D eigenvalue weighted by Crippen LogP contribution is 2.31. The molecule has 2 aromatic carbocycles. The number of nitrogens with zero attached hydrogens (tertiary/aromatic N) is 5. The van der Waals surface area contributed by atoms with Crippen LogP contribution in [-0.4, -0.2) is 33.8 Å². The van der Waals surface area contributed by atoms with E-state index in [1.807, 2.05) is 14.1 Å². The quantitative estimate of drug-likeness (QED) is 0.346. The van der Waals surface area contributed by atoms with E-state index in [1.54, 1.807) is 23.1 Å². The van der Waals surface area contributed by atoms with E-state index in [4.69, 9.17) is 4.98 Å². The first-order valence-corrected chi connectivity index (χ1v) is 11.8. The Bertz CT molecular complexity index is 1150. The van der Waals surface area contributed by atoms with E-state index in [0.29, 0.717) is 0 Å². The third-order valence-corrected chi connectivity index (χ3v) is 6.85. The minimum atomic E-state index is 0.776. The molecule has 0 aliphatic carbocycles. The van der Waals surface area contributed by atoms with Crippen molar-refractivity contribution in [3.05, 3.63) is 65.2 Å². The van der Waals surface area contributed by atoms with Crippen LogP contribution in [0.5, 0.6) is 0 Å². The molecule has 0 radical (unpaired) electrons. The lowest BCUT2D eigenvalue weighted by Crippen LogP contribution is -2.08. The molecule has 0 unspecified atom stereocenters. The number of aryl methyl sites for hydroxylation is 1. The molecular weight excluding hydrogens is 410 g/mol. The van der Waals surface area contributed by atoms with Crippen molar-refractivity contribution >= 4 is 28.8 Å². The van der Waals surface area contributed by atoms with Gasteiger partial charge in [-0.1, -0.05) is 48.2 Å². The predicted molar refractivity (Wildman–Crippen MR) is 127 cm³/mol. The minimum Gasteiger partial charge on any atom is -0.378 e. The molecule has 4 aromatic rings. The highest BCUT2D eigenvalue weighted by Gasteiger charge is 2.15. The van der Waals surface area contributed by atoms with Crippen LogP contribution in [0.15, 0.2) is 59.1 Å². The van der Waals surface area contributed by atoms with Crippen LogP contribution in [0.2, 0.25) is 0 Å². The molecule has 0 N–H and O–H groups in total. The zero-order valence-corrected chi connectivity index (χ0v) is 19.3. The van der Waals surface area contributed by atoms with Crippen LogP contribution in [0.25, 0.3) is 22.0 Å². The molecule has 0 amide bonds. The summed E-state index contributed by atoms with van der Waals surface area (Å²) in [5.41, 5.74) is 5.77.